The summed E-state index contributed by atoms with van der Waals surface area (Å²) in [5.74, 6) is -1.78. The molecule has 1 aromatic carbocycles. The second-order valence-corrected chi connectivity index (χ2v) is 4.76. The third-order valence-corrected chi connectivity index (χ3v) is 2.49. The van der Waals surface area contributed by atoms with Crippen LogP contribution in [0.1, 0.15) is 13.8 Å². The SMILES string of the molecule is CC1(C)COB(c2cccc(F)c2F)OC1. The van der Waals surface area contributed by atoms with E-state index < -0.39 is 18.8 Å². The van der Waals surface area contributed by atoms with Crippen LogP contribution in [0.2, 0.25) is 0 Å². The molecule has 1 aromatic rings. The van der Waals surface area contributed by atoms with Crippen LogP contribution < -0.4 is 5.46 Å². The minimum atomic E-state index is -0.896. The molecular weight excluding hydrogens is 213 g/mol. The second kappa shape index (κ2) is 4.15. The van der Waals surface area contributed by atoms with E-state index in [2.05, 4.69) is 0 Å². The van der Waals surface area contributed by atoms with E-state index in [1.807, 2.05) is 13.8 Å². The van der Waals surface area contributed by atoms with Crippen molar-refractivity contribution in [3.05, 3.63) is 29.8 Å². The van der Waals surface area contributed by atoms with Crippen molar-refractivity contribution < 1.29 is 18.1 Å². The highest BCUT2D eigenvalue weighted by Gasteiger charge is 2.35. The average Bonchev–Trinajstić information content (AvgIpc) is 2.23. The molecular formula is C11H13BF2O2. The zero-order valence-corrected chi connectivity index (χ0v) is 9.30. The average molecular weight is 226 g/mol. The first-order valence-corrected chi connectivity index (χ1v) is 5.17. The van der Waals surface area contributed by atoms with Crippen LogP contribution in [0, 0.1) is 17.0 Å². The van der Waals surface area contributed by atoms with Crippen LogP contribution in [0.3, 0.4) is 0 Å². The van der Waals surface area contributed by atoms with E-state index in [4.69, 9.17) is 9.31 Å². The van der Waals surface area contributed by atoms with E-state index in [-0.39, 0.29) is 10.9 Å². The lowest BCUT2D eigenvalue weighted by molar-refractivity contribution is 0.0340. The molecule has 16 heavy (non-hydrogen) atoms. The molecule has 1 aliphatic rings. The van der Waals surface area contributed by atoms with Crippen LogP contribution in [-0.4, -0.2) is 20.3 Å². The van der Waals surface area contributed by atoms with Gasteiger partial charge < -0.3 is 9.31 Å². The summed E-state index contributed by atoms with van der Waals surface area (Å²) in [4.78, 5) is 0. The zero-order valence-electron chi connectivity index (χ0n) is 9.30. The van der Waals surface area contributed by atoms with Crippen LogP contribution >= 0.6 is 0 Å². The highest BCUT2D eigenvalue weighted by atomic mass is 19.2. The van der Waals surface area contributed by atoms with Crippen molar-refractivity contribution in [2.45, 2.75) is 13.8 Å². The highest BCUT2D eigenvalue weighted by molar-refractivity contribution is 6.61. The maximum atomic E-state index is 13.4. The van der Waals surface area contributed by atoms with Gasteiger partial charge >= 0.3 is 7.12 Å². The molecule has 0 unspecified atom stereocenters. The van der Waals surface area contributed by atoms with Gasteiger partial charge in [0.25, 0.3) is 0 Å². The van der Waals surface area contributed by atoms with Gasteiger partial charge in [-0.25, -0.2) is 8.78 Å². The number of benzene rings is 1. The Labute approximate surface area is 93.7 Å². The van der Waals surface area contributed by atoms with Gasteiger partial charge in [0.05, 0.1) is 0 Å². The van der Waals surface area contributed by atoms with Crippen molar-refractivity contribution in [2.24, 2.45) is 5.41 Å². The summed E-state index contributed by atoms with van der Waals surface area (Å²) >= 11 is 0. The van der Waals surface area contributed by atoms with Crippen molar-refractivity contribution in [1.82, 2.24) is 0 Å². The van der Waals surface area contributed by atoms with E-state index >= 15 is 0 Å². The van der Waals surface area contributed by atoms with Gasteiger partial charge in [-0.1, -0.05) is 26.0 Å². The van der Waals surface area contributed by atoms with Gasteiger partial charge in [-0.2, -0.15) is 0 Å². The normalized spacial score (nSPS) is 19.9. The van der Waals surface area contributed by atoms with Gasteiger partial charge in [0.15, 0.2) is 11.6 Å². The van der Waals surface area contributed by atoms with Crippen LogP contribution in [0.5, 0.6) is 0 Å². The smallest absolute Gasteiger partial charge is 0.407 e. The van der Waals surface area contributed by atoms with E-state index in [1.54, 1.807) is 0 Å². The Morgan fingerprint density at radius 1 is 1.19 bits per heavy atom. The third-order valence-electron chi connectivity index (χ3n) is 2.49. The predicted octanol–water partition coefficient (Wildman–Crippen LogP) is 1.73. The van der Waals surface area contributed by atoms with Gasteiger partial charge in [0, 0.05) is 24.1 Å². The summed E-state index contributed by atoms with van der Waals surface area (Å²) < 4.78 is 37.2. The molecule has 0 saturated carbocycles. The third kappa shape index (κ3) is 2.25. The largest absolute Gasteiger partial charge is 0.497 e. The summed E-state index contributed by atoms with van der Waals surface area (Å²) in [6.07, 6.45) is 0. The molecule has 0 aromatic heterocycles. The molecule has 0 spiro atoms. The molecule has 2 nitrogen and oxygen atoms in total. The number of hydrogen-bond acceptors (Lipinski definition) is 2. The lowest BCUT2D eigenvalue weighted by Gasteiger charge is -2.33. The van der Waals surface area contributed by atoms with Gasteiger partial charge in [-0.05, 0) is 6.07 Å². The molecule has 0 bridgehead atoms. The molecule has 0 aliphatic carbocycles. The first-order valence-electron chi connectivity index (χ1n) is 5.17. The van der Waals surface area contributed by atoms with E-state index in [9.17, 15) is 8.78 Å². The zero-order chi connectivity index (χ0) is 11.8. The van der Waals surface area contributed by atoms with E-state index in [0.29, 0.717) is 13.2 Å². The fourth-order valence-corrected chi connectivity index (χ4v) is 1.57. The molecule has 1 aliphatic heterocycles. The molecule has 0 amide bonds. The first-order chi connectivity index (χ1) is 7.49. The van der Waals surface area contributed by atoms with Crippen LogP contribution in [0.4, 0.5) is 8.78 Å². The molecule has 1 saturated heterocycles. The Balaban J connectivity index is 2.17. The standard InChI is InChI=1S/C11H13BF2O2/c1-11(2)6-15-12(16-7-11)8-4-3-5-9(13)10(8)14/h3-5H,6-7H2,1-2H3. The minimum Gasteiger partial charge on any atom is -0.407 e. The quantitative estimate of drug-likeness (QED) is 0.679. The summed E-state index contributed by atoms with van der Waals surface area (Å²) in [6, 6.07) is 3.99. The summed E-state index contributed by atoms with van der Waals surface area (Å²) in [5.41, 5.74) is 0.0378. The van der Waals surface area contributed by atoms with E-state index in [0.717, 1.165) is 6.07 Å². The van der Waals surface area contributed by atoms with Crippen molar-refractivity contribution in [2.75, 3.05) is 13.2 Å². The van der Waals surface area contributed by atoms with Crippen LogP contribution in [0.15, 0.2) is 18.2 Å². The monoisotopic (exact) mass is 226 g/mol. The predicted molar refractivity (Wildman–Crippen MR) is 57.4 cm³/mol. The molecule has 5 heteroatoms. The highest BCUT2D eigenvalue weighted by Crippen LogP contribution is 2.21. The van der Waals surface area contributed by atoms with Crippen molar-refractivity contribution in [3.63, 3.8) is 0 Å². The van der Waals surface area contributed by atoms with Crippen LogP contribution in [-0.2, 0) is 9.31 Å². The minimum absolute atomic E-state index is 0.0830. The molecule has 1 fully saturated rings. The van der Waals surface area contributed by atoms with E-state index in [1.165, 1.54) is 12.1 Å². The van der Waals surface area contributed by atoms with Gasteiger partial charge in [0.1, 0.15) is 0 Å². The van der Waals surface area contributed by atoms with Crippen molar-refractivity contribution >= 4 is 12.6 Å². The molecule has 86 valence electrons. The van der Waals surface area contributed by atoms with Crippen molar-refractivity contribution in [1.29, 1.82) is 0 Å². The Kier molecular flexibility index (Phi) is 2.99. The second-order valence-electron chi connectivity index (χ2n) is 4.76. The summed E-state index contributed by atoms with van der Waals surface area (Å²) in [7, 11) is -0.802. The fraction of sp³-hybridized carbons (Fsp3) is 0.455. The fourth-order valence-electron chi connectivity index (χ4n) is 1.57. The summed E-state index contributed by atoms with van der Waals surface area (Å²) in [5, 5.41) is 0. The molecule has 0 N–H and O–H groups in total. The number of halogens is 2. The Hall–Kier alpha value is -0.935. The topological polar surface area (TPSA) is 18.5 Å². The molecule has 2 rings (SSSR count). The molecule has 0 radical (unpaired) electrons. The van der Waals surface area contributed by atoms with Crippen molar-refractivity contribution in [3.8, 4) is 0 Å². The van der Waals surface area contributed by atoms with Crippen LogP contribution in [0.25, 0.3) is 0 Å². The Morgan fingerprint density at radius 3 is 2.44 bits per heavy atom. The van der Waals surface area contributed by atoms with Gasteiger partial charge in [-0.3, -0.25) is 0 Å². The molecule has 0 atom stereocenters. The Morgan fingerprint density at radius 2 is 1.81 bits per heavy atom. The maximum absolute atomic E-state index is 13.4. The Bertz CT molecular complexity index is 386. The van der Waals surface area contributed by atoms with Gasteiger partial charge in [-0.15, -0.1) is 0 Å². The lowest BCUT2D eigenvalue weighted by atomic mass is 9.75. The summed E-state index contributed by atoms with van der Waals surface area (Å²) in [6.45, 7) is 4.91. The lowest BCUT2D eigenvalue weighted by Crippen LogP contribution is -2.48. The first kappa shape index (κ1) is 11.5. The van der Waals surface area contributed by atoms with Gasteiger partial charge in [0.2, 0.25) is 0 Å². The number of rotatable bonds is 1. The molecule has 1 heterocycles. The number of hydrogen-bond donors (Lipinski definition) is 0. The maximum Gasteiger partial charge on any atom is 0.497 e.